The molecule has 0 saturated heterocycles. The SMILES string of the molecule is CNCCC1CN(CC(C)C)c2ccccc21. The number of rotatable bonds is 5. The fourth-order valence-electron chi connectivity index (χ4n) is 2.76. The Morgan fingerprint density at radius 3 is 2.82 bits per heavy atom. The number of hydrogen-bond acceptors (Lipinski definition) is 2. The lowest BCUT2D eigenvalue weighted by Gasteiger charge is -2.22. The molecule has 2 heteroatoms. The number of nitrogens with one attached hydrogen (secondary N) is 1. The first kappa shape index (κ1) is 12.4. The van der Waals surface area contributed by atoms with Crippen molar-refractivity contribution in [2.24, 2.45) is 5.92 Å². The van der Waals surface area contributed by atoms with E-state index in [1.54, 1.807) is 5.56 Å². The van der Waals surface area contributed by atoms with Crippen LogP contribution in [0.15, 0.2) is 24.3 Å². The van der Waals surface area contributed by atoms with Gasteiger partial charge in [-0.1, -0.05) is 32.0 Å². The lowest BCUT2D eigenvalue weighted by atomic mass is 9.98. The van der Waals surface area contributed by atoms with E-state index in [-0.39, 0.29) is 0 Å². The molecule has 1 unspecified atom stereocenters. The van der Waals surface area contributed by atoms with Crippen LogP contribution in [0.2, 0.25) is 0 Å². The summed E-state index contributed by atoms with van der Waals surface area (Å²) in [6.07, 6.45) is 1.24. The standard InChI is InChI=1S/C15H24N2/c1-12(2)10-17-11-13(8-9-16-3)14-6-4-5-7-15(14)17/h4-7,12-13,16H,8-11H2,1-3H3. The Morgan fingerprint density at radius 1 is 1.35 bits per heavy atom. The van der Waals surface area contributed by atoms with Gasteiger partial charge in [-0.25, -0.2) is 0 Å². The largest absolute Gasteiger partial charge is 0.370 e. The Hall–Kier alpha value is -1.02. The van der Waals surface area contributed by atoms with Crippen LogP contribution in [0.1, 0.15) is 31.7 Å². The van der Waals surface area contributed by atoms with Crippen molar-refractivity contribution in [1.82, 2.24) is 5.32 Å². The van der Waals surface area contributed by atoms with Gasteiger partial charge in [-0.05, 0) is 37.6 Å². The molecular weight excluding hydrogens is 208 g/mol. The zero-order valence-corrected chi connectivity index (χ0v) is 11.2. The molecule has 2 nitrogen and oxygen atoms in total. The topological polar surface area (TPSA) is 15.3 Å². The molecule has 0 bridgehead atoms. The van der Waals surface area contributed by atoms with E-state index in [1.165, 1.54) is 25.2 Å². The number of hydrogen-bond donors (Lipinski definition) is 1. The maximum atomic E-state index is 3.26. The summed E-state index contributed by atoms with van der Waals surface area (Å²) < 4.78 is 0. The maximum Gasteiger partial charge on any atom is 0.0402 e. The van der Waals surface area contributed by atoms with Crippen molar-refractivity contribution in [3.63, 3.8) is 0 Å². The highest BCUT2D eigenvalue weighted by Gasteiger charge is 2.27. The molecule has 1 heterocycles. The molecule has 1 aliphatic heterocycles. The van der Waals surface area contributed by atoms with Gasteiger partial charge in [-0.15, -0.1) is 0 Å². The predicted molar refractivity (Wildman–Crippen MR) is 74.8 cm³/mol. The van der Waals surface area contributed by atoms with Gasteiger partial charge in [-0.2, -0.15) is 0 Å². The normalized spacial score (nSPS) is 18.8. The highest BCUT2D eigenvalue weighted by molar-refractivity contribution is 5.60. The molecule has 0 saturated carbocycles. The number of benzene rings is 1. The minimum absolute atomic E-state index is 0.706. The van der Waals surface area contributed by atoms with Crippen LogP contribution in [0.5, 0.6) is 0 Å². The molecule has 1 aliphatic rings. The van der Waals surface area contributed by atoms with Gasteiger partial charge in [0.1, 0.15) is 0 Å². The molecule has 94 valence electrons. The van der Waals surface area contributed by atoms with E-state index >= 15 is 0 Å². The Labute approximate surface area is 105 Å². The number of para-hydroxylation sites is 1. The quantitative estimate of drug-likeness (QED) is 0.840. The van der Waals surface area contributed by atoms with E-state index < -0.39 is 0 Å². The summed E-state index contributed by atoms with van der Waals surface area (Å²) in [6, 6.07) is 8.91. The van der Waals surface area contributed by atoms with Crippen molar-refractivity contribution in [3.8, 4) is 0 Å². The van der Waals surface area contributed by atoms with Crippen LogP contribution in [0.3, 0.4) is 0 Å². The van der Waals surface area contributed by atoms with Crippen LogP contribution < -0.4 is 10.2 Å². The fraction of sp³-hybridized carbons (Fsp3) is 0.600. The van der Waals surface area contributed by atoms with Crippen LogP contribution in [0.4, 0.5) is 5.69 Å². The van der Waals surface area contributed by atoms with Crippen LogP contribution in [-0.2, 0) is 0 Å². The first-order valence-corrected chi connectivity index (χ1v) is 6.71. The van der Waals surface area contributed by atoms with Gasteiger partial charge in [-0.3, -0.25) is 0 Å². The minimum Gasteiger partial charge on any atom is -0.370 e. The van der Waals surface area contributed by atoms with Gasteiger partial charge in [0.25, 0.3) is 0 Å². The predicted octanol–water partition coefficient (Wildman–Crippen LogP) is 2.86. The zero-order valence-electron chi connectivity index (χ0n) is 11.2. The smallest absolute Gasteiger partial charge is 0.0402 e. The molecule has 1 atom stereocenters. The van der Waals surface area contributed by atoms with E-state index in [0.717, 1.165) is 12.5 Å². The van der Waals surface area contributed by atoms with Crippen molar-refractivity contribution in [2.45, 2.75) is 26.2 Å². The first-order valence-electron chi connectivity index (χ1n) is 6.71. The van der Waals surface area contributed by atoms with Gasteiger partial charge >= 0.3 is 0 Å². The van der Waals surface area contributed by atoms with Crippen LogP contribution in [0, 0.1) is 5.92 Å². The third-order valence-corrected chi connectivity index (χ3v) is 3.49. The summed E-state index contributed by atoms with van der Waals surface area (Å²) in [7, 11) is 2.03. The van der Waals surface area contributed by atoms with E-state index in [2.05, 4.69) is 48.3 Å². The number of fused-ring (bicyclic) bond motifs is 1. The summed E-state index contributed by atoms with van der Waals surface area (Å²) in [5.41, 5.74) is 3.01. The van der Waals surface area contributed by atoms with E-state index in [1.807, 2.05) is 7.05 Å². The molecule has 0 spiro atoms. The third-order valence-electron chi connectivity index (χ3n) is 3.49. The molecule has 17 heavy (non-hydrogen) atoms. The van der Waals surface area contributed by atoms with Gasteiger partial charge in [0.15, 0.2) is 0 Å². The summed E-state index contributed by atoms with van der Waals surface area (Å²) in [5.74, 6) is 1.43. The second-order valence-electron chi connectivity index (χ2n) is 5.45. The maximum absolute atomic E-state index is 3.26. The second-order valence-corrected chi connectivity index (χ2v) is 5.45. The summed E-state index contributed by atoms with van der Waals surface area (Å²) in [6.45, 7) is 8.06. The van der Waals surface area contributed by atoms with Crippen molar-refractivity contribution in [2.75, 3.05) is 31.6 Å². The summed E-state index contributed by atoms with van der Waals surface area (Å²) in [4.78, 5) is 2.56. The average Bonchev–Trinajstić information content (AvgIpc) is 2.65. The van der Waals surface area contributed by atoms with Gasteiger partial charge in [0, 0.05) is 24.7 Å². The molecular formula is C15H24N2. The zero-order chi connectivity index (χ0) is 12.3. The Balaban J connectivity index is 2.14. The van der Waals surface area contributed by atoms with Gasteiger partial charge in [0.2, 0.25) is 0 Å². The van der Waals surface area contributed by atoms with Crippen molar-refractivity contribution in [1.29, 1.82) is 0 Å². The Morgan fingerprint density at radius 2 is 2.12 bits per heavy atom. The Kier molecular flexibility index (Phi) is 4.06. The Bertz CT molecular complexity index is 360. The van der Waals surface area contributed by atoms with E-state index in [0.29, 0.717) is 5.92 Å². The lowest BCUT2D eigenvalue weighted by molar-refractivity contribution is 0.571. The minimum atomic E-state index is 0.706. The molecule has 1 aromatic carbocycles. The fourth-order valence-corrected chi connectivity index (χ4v) is 2.76. The van der Waals surface area contributed by atoms with E-state index in [4.69, 9.17) is 0 Å². The van der Waals surface area contributed by atoms with Crippen LogP contribution in [0.25, 0.3) is 0 Å². The van der Waals surface area contributed by atoms with Gasteiger partial charge < -0.3 is 10.2 Å². The monoisotopic (exact) mass is 232 g/mol. The molecule has 0 aromatic heterocycles. The molecule has 0 fully saturated rings. The highest BCUT2D eigenvalue weighted by atomic mass is 15.2. The summed E-state index contributed by atoms with van der Waals surface area (Å²) >= 11 is 0. The van der Waals surface area contributed by atoms with Crippen LogP contribution >= 0.6 is 0 Å². The van der Waals surface area contributed by atoms with Crippen LogP contribution in [-0.4, -0.2) is 26.7 Å². The first-order chi connectivity index (χ1) is 8.22. The molecule has 2 rings (SSSR count). The third kappa shape index (κ3) is 2.81. The average molecular weight is 232 g/mol. The van der Waals surface area contributed by atoms with Crippen molar-refractivity contribution in [3.05, 3.63) is 29.8 Å². The molecule has 0 radical (unpaired) electrons. The second kappa shape index (κ2) is 5.54. The number of nitrogens with zero attached hydrogens (tertiary/aromatic N) is 1. The molecule has 0 aliphatic carbocycles. The molecule has 1 N–H and O–H groups in total. The van der Waals surface area contributed by atoms with Crippen molar-refractivity contribution < 1.29 is 0 Å². The summed E-state index contributed by atoms with van der Waals surface area (Å²) in [5, 5.41) is 3.26. The van der Waals surface area contributed by atoms with E-state index in [9.17, 15) is 0 Å². The molecule has 1 aromatic rings. The van der Waals surface area contributed by atoms with Crippen molar-refractivity contribution >= 4 is 5.69 Å². The highest BCUT2D eigenvalue weighted by Crippen LogP contribution is 2.37. The number of anilines is 1. The van der Waals surface area contributed by atoms with Gasteiger partial charge in [0.05, 0.1) is 0 Å². The lowest BCUT2D eigenvalue weighted by Crippen LogP contribution is -2.27. The molecule has 0 amide bonds.